The third kappa shape index (κ3) is 7.65. The van der Waals surface area contributed by atoms with Crippen LogP contribution in [0.2, 0.25) is 0 Å². The van der Waals surface area contributed by atoms with Crippen LogP contribution in [0.25, 0.3) is 27.8 Å². The lowest BCUT2D eigenvalue weighted by Crippen LogP contribution is -2.46. The SMILES string of the molecule is Cc1cccc(C(=O)N[C@H]2CC[C@@H](n3c(=O)c4cc(F)cnc4n(-c4cccc(-c5ccc(CN6CCC(N7CCCCC7)CC6)cc5)c4)c3=O)CC2)n1. The van der Waals surface area contributed by atoms with Crippen molar-refractivity contribution in [2.24, 2.45) is 0 Å². The number of rotatable bonds is 8. The van der Waals surface area contributed by atoms with Gasteiger partial charge < -0.3 is 10.2 Å². The molecule has 0 radical (unpaired) electrons. The number of likely N-dealkylation sites (tertiary alicyclic amines) is 2. The molecule has 1 N–H and O–H groups in total. The lowest BCUT2D eigenvalue weighted by Gasteiger charge is -2.40. The van der Waals surface area contributed by atoms with Crippen molar-refractivity contribution in [1.29, 1.82) is 0 Å². The lowest BCUT2D eigenvalue weighted by molar-refractivity contribution is 0.0896. The molecule has 10 nitrogen and oxygen atoms in total. The highest BCUT2D eigenvalue weighted by atomic mass is 19.1. The molecule has 8 rings (SSSR count). The third-order valence-electron chi connectivity index (χ3n) is 11.7. The highest BCUT2D eigenvalue weighted by Gasteiger charge is 2.29. The fourth-order valence-corrected chi connectivity index (χ4v) is 8.76. The molecule has 11 heteroatoms. The van der Waals surface area contributed by atoms with Crippen LogP contribution in [0.3, 0.4) is 0 Å². The maximum Gasteiger partial charge on any atom is 0.337 e. The smallest absolute Gasteiger partial charge is 0.337 e. The van der Waals surface area contributed by atoms with Crippen LogP contribution in [0.5, 0.6) is 0 Å². The molecular weight excluding hydrogens is 682 g/mol. The van der Waals surface area contributed by atoms with E-state index in [0.717, 1.165) is 54.8 Å². The van der Waals surface area contributed by atoms with Crippen molar-refractivity contribution < 1.29 is 9.18 Å². The summed E-state index contributed by atoms with van der Waals surface area (Å²) in [5, 5.41) is 3.11. The van der Waals surface area contributed by atoms with Gasteiger partial charge in [0.15, 0.2) is 5.65 Å². The zero-order chi connectivity index (χ0) is 37.2. The molecule has 0 unspecified atom stereocenters. The maximum atomic E-state index is 14.6. The predicted octanol–water partition coefficient (Wildman–Crippen LogP) is 6.42. The summed E-state index contributed by atoms with van der Waals surface area (Å²) in [6.07, 6.45) is 9.71. The van der Waals surface area contributed by atoms with E-state index in [0.29, 0.717) is 37.1 Å². The Hall–Kier alpha value is -5.00. The number of carbonyl (C=O) groups is 1. The Morgan fingerprint density at radius 1 is 0.815 bits per heavy atom. The number of hydrogen-bond acceptors (Lipinski definition) is 7. The molecule has 280 valence electrons. The summed E-state index contributed by atoms with van der Waals surface area (Å²) in [6, 6.07) is 22.9. The number of piperidine rings is 2. The largest absolute Gasteiger partial charge is 0.348 e. The minimum atomic E-state index is -0.646. The Bertz CT molecular complexity index is 2250. The van der Waals surface area contributed by atoms with Gasteiger partial charge in [0.05, 0.1) is 17.3 Å². The van der Waals surface area contributed by atoms with E-state index in [-0.39, 0.29) is 23.0 Å². The summed E-state index contributed by atoms with van der Waals surface area (Å²) in [5.74, 6) is -0.889. The van der Waals surface area contributed by atoms with Gasteiger partial charge in [0.25, 0.3) is 11.5 Å². The molecule has 5 aromatic rings. The van der Waals surface area contributed by atoms with Gasteiger partial charge in [0.1, 0.15) is 11.5 Å². The van der Waals surface area contributed by atoms with Crippen LogP contribution in [0, 0.1) is 12.7 Å². The average Bonchev–Trinajstić information content (AvgIpc) is 3.20. The van der Waals surface area contributed by atoms with E-state index in [1.54, 1.807) is 12.1 Å². The number of hydrogen-bond donors (Lipinski definition) is 1. The number of aryl methyl sites for hydroxylation is 1. The van der Waals surface area contributed by atoms with Crippen molar-refractivity contribution >= 4 is 16.9 Å². The molecule has 3 aliphatic rings. The molecule has 2 aliphatic heterocycles. The first-order valence-corrected chi connectivity index (χ1v) is 19.5. The van der Waals surface area contributed by atoms with Crippen molar-refractivity contribution in [3.05, 3.63) is 123 Å². The van der Waals surface area contributed by atoms with Crippen molar-refractivity contribution in [2.45, 2.75) is 89.4 Å². The highest BCUT2D eigenvalue weighted by Crippen LogP contribution is 2.29. The number of pyridine rings is 2. The van der Waals surface area contributed by atoms with E-state index in [2.05, 4.69) is 49.4 Å². The first-order chi connectivity index (χ1) is 26.3. The lowest BCUT2D eigenvalue weighted by atomic mass is 9.90. The molecule has 5 heterocycles. The zero-order valence-electron chi connectivity index (χ0n) is 30.9. The molecule has 0 spiro atoms. The first kappa shape index (κ1) is 36.0. The molecule has 1 aliphatic carbocycles. The number of aromatic nitrogens is 4. The van der Waals surface area contributed by atoms with Gasteiger partial charge in [0, 0.05) is 30.4 Å². The van der Waals surface area contributed by atoms with Crippen LogP contribution in [-0.2, 0) is 6.54 Å². The number of fused-ring (bicyclic) bond motifs is 1. The second-order valence-electron chi connectivity index (χ2n) is 15.3. The van der Waals surface area contributed by atoms with Gasteiger partial charge in [-0.15, -0.1) is 0 Å². The molecule has 0 bridgehead atoms. The van der Waals surface area contributed by atoms with Gasteiger partial charge in [-0.25, -0.2) is 23.7 Å². The van der Waals surface area contributed by atoms with E-state index in [1.807, 2.05) is 37.3 Å². The number of carbonyl (C=O) groups excluding carboxylic acids is 1. The van der Waals surface area contributed by atoms with Crippen molar-refractivity contribution in [1.82, 2.24) is 34.2 Å². The fourth-order valence-electron chi connectivity index (χ4n) is 8.76. The Balaban J connectivity index is 1.00. The van der Waals surface area contributed by atoms with Crippen LogP contribution in [0.4, 0.5) is 4.39 Å². The van der Waals surface area contributed by atoms with Gasteiger partial charge in [-0.3, -0.25) is 19.1 Å². The van der Waals surface area contributed by atoms with Crippen LogP contribution >= 0.6 is 0 Å². The molecule has 54 heavy (non-hydrogen) atoms. The van der Waals surface area contributed by atoms with Crippen molar-refractivity contribution in [3.63, 3.8) is 0 Å². The quantitative estimate of drug-likeness (QED) is 0.197. The van der Waals surface area contributed by atoms with E-state index in [1.165, 1.54) is 59.9 Å². The number of nitrogens with zero attached hydrogens (tertiary/aromatic N) is 6. The van der Waals surface area contributed by atoms with Gasteiger partial charge in [-0.2, -0.15) is 0 Å². The molecule has 1 saturated carbocycles. The Kier molecular flexibility index (Phi) is 10.5. The molecule has 1 amide bonds. The summed E-state index contributed by atoms with van der Waals surface area (Å²) < 4.78 is 17.3. The van der Waals surface area contributed by atoms with E-state index in [4.69, 9.17) is 0 Å². The monoisotopic (exact) mass is 729 g/mol. The molecule has 3 aromatic heterocycles. The second kappa shape index (κ2) is 15.8. The molecular formula is C43H48FN7O3. The Labute approximate surface area is 314 Å². The van der Waals surface area contributed by atoms with E-state index >= 15 is 0 Å². The molecule has 0 atom stereocenters. The second-order valence-corrected chi connectivity index (χ2v) is 15.3. The van der Waals surface area contributed by atoms with Gasteiger partial charge in [0.2, 0.25) is 0 Å². The Morgan fingerprint density at radius 3 is 2.30 bits per heavy atom. The highest BCUT2D eigenvalue weighted by molar-refractivity contribution is 5.92. The normalized spacial score (nSPS) is 20.3. The van der Waals surface area contributed by atoms with Gasteiger partial charge in [-0.05, 0) is 131 Å². The summed E-state index contributed by atoms with van der Waals surface area (Å²) in [5.41, 5.74) is 3.91. The molecule has 3 fully saturated rings. The van der Waals surface area contributed by atoms with Crippen LogP contribution in [-0.4, -0.2) is 73.1 Å². The molecule has 2 saturated heterocycles. The topological polar surface area (TPSA) is 105 Å². The predicted molar refractivity (Wildman–Crippen MR) is 208 cm³/mol. The third-order valence-corrected chi connectivity index (χ3v) is 11.7. The maximum absolute atomic E-state index is 14.6. The minimum Gasteiger partial charge on any atom is -0.348 e. The number of nitrogens with one attached hydrogen (secondary N) is 1. The van der Waals surface area contributed by atoms with Crippen LogP contribution in [0.15, 0.2) is 88.6 Å². The summed E-state index contributed by atoms with van der Waals surface area (Å²) in [6.45, 7) is 7.53. The van der Waals surface area contributed by atoms with E-state index in [9.17, 15) is 18.8 Å². The van der Waals surface area contributed by atoms with E-state index < -0.39 is 23.1 Å². The van der Waals surface area contributed by atoms with Gasteiger partial charge in [-0.1, -0.05) is 48.9 Å². The number of halogens is 1. The van der Waals surface area contributed by atoms with Crippen molar-refractivity contribution in [3.8, 4) is 16.8 Å². The van der Waals surface area contributed by atoms with Gasteiger partial charge >= 0.3 is 5.69 Å². The average molecular weight is 730 g/mol. The number of benzene rings is 2. The fraction of sp³-hybridized carbons (Fsp3) is 0.419. The number of amides is 1. The minimum absolute atomic E-state index is 0.0465. The zero-order valence-corrected chi connectivity index (χ0v) is 30.9. The van der Waals surface area contributed by atoms with Crippen LogP contribution in [0.1, 0.15) is 85.6 Å². The van der Waals surface area contributed by atoms with Crippen molar-refractivity contribution in [2.75, 3.05) is 26.2 Å². The summed E-state index contributed by atoms with van der Waals surface area (Å²) >= 11 is 0. The van der Waals surface area contributed by atoms with Crippen LogP contribution < -0.4 is 16.6 Å². The standard InChI is InChI=1S/C43H48FN7O3/c1-29-7-5-10-39(46-29)41(52)47-34-15-17-36(18-16-34)51-42(53)38-26-33(44)27-45-40(38)50(43(51)54)37-9-6-8-32(25-37)31-13-11-30(12-14-31)28-48-23-19-35(20-24-48)49-21-3-2-4-22-49/h5-14,25-27,34-36H,2-4,15-24,28H2,1H3,(H,47,52)/t34-,36+. The first-order valence-electron chi connectivity index (χ1n) is 19.5. The molecule has 2 aromatic carbocycles. The summed E-state index contributed by atoms with van der Waals surface area (Å²) in [4.78, 5) is 54.9. The Morgan fingerprint density at radius 2 is 1.56 bits per heavy atom. The summed E-state index contributed by atoms with van der Waals surface area (Å²) in [7, 11) is 0.